The SMILES string of the molecule is CC(C)c1nc(CNCc2ccco2)cs1. The van der Waals surface area contributed by atoms with Gasteiger partial charge >= 0.3 is 0 Å². The number of hydrogen-bond donors (Lipinski definition) is 1. The van der Waals surface area contributed by atoms with Gasteiger partial charge in [-0.15, -0.1) is 11.3 Å². The number of rotatable bonds is 5. The molecule has 0 saturated heterocycles. The fraction of sp³-hybridized carbons (Fsp3) is 0.417. The average molecular weight is 236 g/mol. The molecule has 0 aliphatic heterocycles. The predicted octanol–water partition coefficient (Wildman–Crippen LogP) is 3.15. The summed E-state index contributed by atoms with van der Waals surface area (Å²) in [4.78, 5) is 4.55. The van der Waals surface area contributed by atoms with Crippen LogP contribution in [0.4, 0.5) is 0 Å². The van der Waals surface area contributed by atoms with Gasteiger partial charge in [0.15, 0.2) is 0 Å². The van der Waals surface area contributed by atoms with E-state index < -0.39 is 0 Å². The van der Waals surface area contributed by atoms with Gasteiger partial charge in [0, 0.05) is 17.8 Å². The van der Waals surface area contributed by atoms with Gasteiger partial charge in [-0.2, -0.15) is 0 Å². The van der Waals surface area contributed by atoms with Crippen LogP contribution in [0.3, 0.4) is 0 Å². The Hall–Kier alpha value is -1.13. The molecular formula is C12H16N2OS. The van der Waals surface area contributed by atoms with Gasteiger partial charge in [-0.1, -0.05) is 13.8 Å². The molecule has 2 aromatic heterocycles. The second-order valence-corrected chi connectivity index (χ2v) is 4.90. The van der Waals surface area contributed by atoms with Crippen molar-refractivity contribution in [3.8, 4) is 0 Å². The van der Waals surface area contributed by atoms with Gasteiger partial charge in [0.25, 0.3) is 0 Å². The maximum Gasteiger partial charge on any atom is 0.117 e. The molecule has 0 saturated carbocycles. The summed E-state index contributed by atoms with van der Waals surface area (Å²) in [5, 5.41) is 6.63. The minimum atomic E-state index is 0.517. The monoisotopic (exact) mass is 236 g/mol. The first-order chi connectivity index (χ1) is 7.75. The zero-order chi connectivity index (χ0) is 11.4. The Labute approximate surface area is 99.5 Å². The highest BCUT2D eigenvalue weighted by atomic mass is 32.1. The lowest BCUT2D eigenvalue weighted by atomic mass is 10.2. The molecule has 0 aliphatic carbocycles. The Balaban J connectivity index is 1.81. The quantitative estimate of drug-likeness (QED) is 0.866. The summed E-state index contributed by atoms with van der Waals surface area (Å²) in [6.45, 7) is 5.88. The lowest BCUT2D eigenvalue weighted by Gasteiger charge is -2.00. The molecule has 2 rings (SSSR count). The molecule has 0 unspecified atom stereocenters. The third kappa shape index (κ3) is 2.93. The van der Waals surface area contributed by atoms with Crippen molar-refractivity contribution in [1.82, 2.24) is 10.3 Å². The van der Waals surface area contributed by atoms with Crippen molar-refractivity contribution >= 4 is 11.3 Å². The maximum atomic E-state index is 5.23. The highest BCUT2D eigenvalue weighted by Crippen LogP contribution is 2.18. The molecule has 0 bridgehead atoms. The van der Waals surface area contributed by atoms with Gasteiger partial charge < -0.3 is 9.73 Å². The van der Waals surface area contributed by atoms with Gasteiger partial charge in [-0.3, -0.25) is 0 Å². The first kappa shape index (κ1) is 11.4. The van der Waals surface area contributed by atoms with Crippen LogP contribution in [0.1, 0.15) is 36.2 Å². The fourth-order valence-corrected chi connectivity index (χ4v) is 2.23. The Bertz CT molecular complexity index is 420. The molecule has 4 heteroatoms. The van der Waals surface area contributed by atoms with Crippen LogP contribution < -0.4 is 5.32 Å². The zero-order valence-corrected chi connectivity index (χ0v) is 10.4. The van der Waals surface area contributed by atoms with Crippen LogP contribution in [0, 0.1) is 0 Å². The van der Waals surface area contributed by atoms with E-state index in [1.807, 2.05) is 12.1 Å². The molecule has 2 heterocycles. The topological polar surface area (TPSA) is 38.1 Å². The van der Waals surface area contributed by atoms with Crippen LogP contribution in [-0.4, -0.2) is 4.98 Å². The van der Waals surface area contributed by atoms with Gasteiger partial charge in [0.05, 0.1) is 23.5 Å². The average Bonchev–Trinajstić information content (AvgIpc) is 2.87. The molecule has 0 radical (unpaired) electrons. The van der Waals surface area contributed by atoms with E-state index in [1.54, 1.807) is 17.6 Å². The number of thiazole rings is 1. The van der Waals surface area contributed by atoms with E-state index in [4.69, 9.17) is 4.42 Å². The lowest BCUT2D eigenvalue weighted by molar-refractivity contribution is 0.482. The van der Waals surface area contributed by atoms with Crippen LogP contribution in [0.15, 0.2) is 28.2 Å². The summed E-state index contributed by atoms with van der Waals surface area (Å²) in [5.41, 5.74) is 1.11. The van der Waals surface area contributed by atoms with Crippen molar-refractivity contribution in [3.05, 3.63) is 40.2 Å². The molecule has 0 amide bonds. The molecule has 16 heavy (non-hydrogen) atoms. The van der Waals surface area contributed by atoms with E-state index in [2.05, 4.69) is 29.5 Å². The molecular weight excluding hydrogens is 220 g/mol. The third-order valence-electron chi connectivity index (χ3n) is 2.25. The summed E-state index contributed by atoms with van der Waals surface area (Å²) < 4.78 is 5.23. The Kier molecular flexibility index (Phi) is 3.74. The van der Waals surface area contributed by atoms with Crippen molar-refractivity contribution in [2.75, 3.05) is 0 Å². The minimum absolute atomic E-state index is 0.517. The summed E-state index contributed by atoms with van der Waals surface area (Å²) in [6, 6.07) is 3.87. The van der Waals surface area contributed by atoms with Crippen LogP contribution >= 0.6 is 11.3 Å². The molecule has 1 N–H and O–H groups in total. The number of aromatic nitrogens is 1. The van der Waals surface area contributed by atoms with Crippen molar-refractivity contribution < 1.29 is 4.42 Å². The van der Waals surface area contributed by atoms with Crippen molar-refractivity contribution in [3.63, 3.8) is 0 Å². The maximum absolute atomic E-state index is 5.23. The van der Waals surface area contributed by atoms with Gasteiger partial charge in [0.1, 0.15) is 5.76 Å². The summed E-state index contributed by atoms with van der Waals surface area (Å²) in [6.07, 6.45) is 1.69. The zero-order valence-electron chi connectivity index (χ0n) is 9.56. The Morgan fingerprint density at radius 1 is 1.44 bits per heavy atom. The van der Waals surface area contributed by atoms with E-state index in [0.29, 0.717) is 5.92 Å². The molecule has 2 aromatic rings. The fourth-order valence-electron chi connectivity index (χ4n) is 1.40. The lowest BCUT2D eigenvalue weighted by Crippen LogP contribution is -2.12. The normalized spacial score (nSPS) is 11.2. The number of nitrogens with zero attached hydrogens (tertiary/aromatic N) is 1. The van der Waals surface area contributed by atoms with Crippen LogP contribution in [0.2, 0.25) is 0 Å². The van der Waals surface area contributed by atoms with Crippen LogP contribution in [0.25, 0.3) is 0 Å². The smallest absolute Gasteiger partial charge is 0.117 e. The third-order valence-corrected chi connectivity index (χ3v) is 3.44. The largest absolute Gasteiger partial charge is 0.468 e. The summed E-state index contributed by atoms with van der Waals surface area (Å²) >= 11 is 1.73. The molecule has 3 nitrogen and oxygen atoms in total. The first-order valence-corrected chi connectivity index (χ1v) is 6.31. The number of nitrogens with one attached hydrogen (secondary N) is 1. The Morgan fingerprint density at radius 3 is 2.94 bits per heavy atom. The molecule has 0 aliphatic rings. The highest BCUT2D eigenvalue weighted by Gasteiger charge is 2.05. The van der Waals surface area contributed by atoms with E-state index in [1.165, 1.54) is 5.01 Å². The molecule has 0 atom stereocenters. The highest BCUT2D eigenvalue weighted by molar-refractivity contribution is 7.09. The molecule has 0 spiro atoms. The van der Waals surface area contributed by atoms with E-state index in [9.17, 15) is 0 Å². The summed E-state index contributed by atoms with van der Waals surface area (Å²) in [7, 11) is 0. The Morgan fingerprint density at radius 2 is 2.31 bits per heavy atom. The summed E-state index contributed by atoms with van der Waals surface area (Å²) in [5.74, 6) is 1.48. The van der Waals surface area contributed by atoms with Gasteiger partial charge in [-0.25, -0.2) is 4.98 Å². The predicted molar refractivity (Wildman–Crippen MR) is 65.5 cm³/mol. The van der Waals surface area contributed by atoms with Crippen molar-refractivity contribution in [1.29, 1.82) is 0 Å². The standard InChI is InChI=1S/C12H16N2OS/c1-9(2)12-14-10(8-16-12)6-13-7-11-4-3-5-15-11/h3-5,8-9,13H,6-7H2,1-2H3. The molecule has 0 fully saturated rings. The van der Waals surface area contributed by atoms with E-state index in [-0.39, 0.29) is 0 Å². The van der Waals surface area contributed by atoms with Crippen LogP contribution in [-0.2, 0) is 13.1 Å². The second-order valence-electron chi connectivity index (χ2n) is 4.01. The first-order valence-electron chi connectivity index (χ1n) is 5.43. The molecule has 0 aromatic carbocycles. The van der Waals surface area contributed by atoms with E-state index >= 15 is 0 Å². The van der Waals surface area contributed by atoms with Gasteiger partial charge in [-0.05, 0) is 12.1 Å². The number of hydrogen-bond acceptors (Lipinski definition) is 4. The van der Waals surface area contributed by atoms with Crippen molar-refractivity contribution in [2.24, 2.45) is 0 Å². The second kappa shape index (κ2) is 5.27. The van der Waals surface area contributed by atoms with E-state index in [0.717, 1.165) is 24.5 Å². The van der Waals surface area contributed by atoms with Gasteiger partial charge in [0.2, 0.25) is 0 Å². The minimum Gasteiger partial charge on any atom is -0.468 e. The molecule has 86 valence electrons. The van der Waals surface area contributed by atoms with Crippen LogP contribution in [0.5, 0.6) is 0 Å². The number of furan rings is 1. The van der Waals surface area contributed by atoms with Crippen molar-refractivity contribution in [2.45, 2.75) is 32.9 Å².